The molecule has 0 bridgehead atoms. The molecule has 0 aliphatic rings. The second-order valence-electron chi connectivity index (χ2n) is 9.40. The van der Waals surface area contributed by atoms with Crippen LogP contribution in [0.3, 0.4) is 0 Å². The number of hydrogen-bond acceptors (Lipinski definition) is 4. The zero-order chi connectivity index (χ0) is 28.5. The quantitative estimate of drug-likeness (QED) is 0.148. The number of carbonyl (C=O) groups is 3. The maximum absolute atomic E-state index is 12.7. The van der Waals surface area contributed by atoms with Gasteiger partial charge in [-0.1, -0.05) is 55.5 Å². The van der Waals surface area contributed by atoms with Gasteiger partial charge in [0.2, 0.25) is 5.91 Å². The average molecular weight is 605 g/mol. The number of nitrogens with one attached hydrogen (secondary N) is 3. The molecule has 0 aliphatic carbocycles. The number of hydrogen-bond donors (Lipinski definition) is 3. The molecular formula is C31H32BrN4O4+. The highest BCUT2D eigenvalue weighted by atomic mass is 79.9. The van der Waals surface area contributed by atoms with Gasteiger partial charge in [-0.15, -0.1) is 0 Å². The number of aryl methyl sites for hydroxylation is 2. The molecule has 0 radical (unpaired) electrons. The lowest BCUT2D eigenvalue weighted by Gasteiger charge is -2.16. The number of rotatable bonds is 10. The molecule has 3 N–H and O–H groups in total. The standard InChI is InChI=1S/C31H31BrN4O4/c1-3-17-36-19-24(18-25(32)20-36)30(38)34-26-14-11-22(12-15-26)13-16-29(37)33-21(2)40-31(39)35-28-10-6-8-23-7-4-5-9-27(23)28/h4-12,14-15,18-21H,3,13,16-17H2,1-2H3,(H2-,33,34,35,37,38,39)/p+1. The van der Waals surface area contributed by atoms with Crippen molar-refractivity contribution in [2.45, 2.75) is 45.9 Å². The molecule has 0 spiro atoms. The number of pyridine rings is 1. The fourth-order valence-electron chi connectivity index (χ4n) is 4.29. The molecule has 0 aliphatic heterocycles. The van der Waals surface area contributed by atoms with Crippen LogP contribution in [0.25, 0.3) is 10.8 Å². The molecule has 3 aromatic carbocycles. The van der Waals surface area contributed by atoms with E-state index in [2.05, 4.69) is 38.8 Å². The van der Waals surface area contributed by atoms with Gasteiger partial charge in [0.1, 0.15) is 12.1 Å². The molecule has 4 rings (SSSR count). The predicted octanol–water partition coefficient (Wildman–Crippen LogP) is 6.20. The summed E-state index contributed by atoms with van der Waals surface area (Å²) in [5.41, 5.74) is 2.81. The van der Waals surface area contributed by atoms with E-state index in [-0.39, 0.29) is 18.2 Å². The van der Waals surface area contributed by atoms with Gasteiger partial charge in [0.25, 0.3) is 5.91 Å². The van der Waals surface area contributed by atoms with E-state index in [9.17, 15) is 14.4 Å². The number of amides is 3. The van der Waals surface area contributed by atoms with Gasteiger partial charge in [0, 0.05) is 23.9 Å². The third kappa shape index (κ3) is 8.13. The minimum atomic E-state index is -0.797. The topological polar surface area (TPSA) is 100 Å². The monoisotopic (exact) mass is 603 g/mol. The van der Waals surface area contributed by atoms with Gasteiger partial charge in [-0.2, -0.15) is 0 Å². The van der Waals surface area contributed by atoms with E-state index in [1.165, 1.54) is 0 Å². The van der Waals surface area contributed by atoms with Crippen LogP contribution < -0.4 is 20.5 Å². The molecule has 1 unspecified atom stereocenters. The summed E-state index contributed by atoms with van der Waals surface area (Å²) in [6, 6.07) is 22.5. The highest BCUT2D eigenvalue weighted by Crippen LogP contribution is 2.23. The van der Waals surface area contributed by atoms with Gasteiger partial charge < -0.3 is 15.4 Å². The maximum atomic E-state index is 12.7. The number of anilines is 2. The Labute approximate surface area is 241 Å². The summed E-state index contributed by atoms with van der Waals surface area (Å²) in [5.74, 6) is -0.436. The maximum Gasteiger partial charge on any atom is 0.413 e. The molecule has 8 nitrogen and oxygen atoms in total. The first-order chi connectivity index (χ1) is 19.3. The molecule has 1 aromatic heterocycles. The molecule has 40 heavy (non-hydrogen) atoms. The first kappa shape index (κ1) is 28.8. The molecule has 9 heteroatoms. The third-order valence-electron chi connectivity index (χ3n) is 6.16. The summed E-state index contributed by atoms with van der Waals surface area (Å²) in [6.07, 6.45) is 4.01. The summed E-state index contributed by atoms with van der Waals surface area (Å²) in [6.45, 7) is 4.51. The third-order valence-corrected chi connectivity index (χ3v) is 6.59. The van der Waals surface area contributed by atoms with Crippen molar-refractivity contribution >= 4 is 56.0 Å². The van der Waals surface area contributed by atoms with Crippen molar-refractivity contribution < 1.29 is 23.7 Å². The van der Waals surface area contributed by atoms with Crippen molar-refractivity contribution in [3.05, 3.63) is 101 Å². The first-order valence-electron chi connectivity index (χ1n) is 13.2. The van der Waals surface area contributed by atoms with Crippen molar-refractivity contribution in [1.82, 2.24) is 5.32 Å². The Morgan fingerprint density at radius 2 is 1.70 bits per heavy atom. The van der Waals surface area contributed by atoms with Crippen LogP contribution >= 0.6 is 15.9 Å². The second-order valence-corrected chi connectivity index (χ2v) is 10.3. The fourth-order valence-corrected chi connectivity index (χ4v) is 4.80. The number of nitrogens with zero attached hydrogens (tertiary/aromatic N) is 1. The van der Waals surface area contributed by atoms with E-state index in [0.717, 1.165) is 33.8 Å². The average Bonchev–Trinajstić information content (AvgIpc) is 2.92. The Balaban J connectivity index is 1.22. The summed E-state index contributed by atoms with van der Waals surface area (Å²) < 4.78 is 8.14. The zero-order valence-electron chi connectivity index (χ0n) is 22.4. The lowest BCUT2D eigenvalue weighted by molar-refractivity contribution is -0.697. The number of halogens is 1. The van der Waals surface area contributed by atoms with E-state index >= 15 is 0 Å². The van der Waals surface area contributed by atoms with Crippen molar-refractivity contribution in [3.63, 3.8) is 0 Å². The molecule has 0 saturated heterocycles. The van der Waals surface area contributed by atoms with E-state index in [0.29, 0.717) is 23.4 Å². The van der Waals surface area contributed by atoms with E-state index in [1.807, 2.05) is 77.6 Å². The van der Waals surface area contributed by atoms with E-state index in [4.69, 9.17) is 4.74 Å². The Bertz CT molecular complexity index is 1500. The summed E-state index contributed by atoms with van der Waals surface area (Å²) in [5, 5.41) is 10.2. The minimum absolute atomic E-state index is 0.197. The zero-order valence-corrected chi connectivity index (χ0v) is 24.0. The molecule has 0 saturated carbocycles. The number of benzene rings is 3. The Hall–Kier alpha value is -4.24. The summed E-state index contributed by atoms with van der Waals surface area (Å²) >= 11 is 3.46. The number of ether oxygens (including phenoxy) is 1. The molecule has 0 fully saturated rings. The van der Waals surface area contributed by atoms with Crippen LogP contribution in [-0.4, -0.2) is 24.1 Å². The lowest BCUT2D eigenvalue weighted by atomic mass is 10.1. The van der Waals surface area contributed by atoms with Crippen molar-refractivity contribution in [1.29, 1.82) is 0 Å². The van der Waals surface area contributed by atoms with Crippen molar-refractivity contribution in [2.24, 2.45) is 0 Å². The first-order valence-corrected chi connectivity index (χ1v) is 13.9. The van der Waals surface area contributed by atoms with Crippen LogP contribution in [0.15, 0.2) is 89.7 Å². The Morgan fingerprint density at radius 1 is 0.950 bits per heavy atom. The Morgan fingerprint density at radius 3 is 2.48 bits per heavy atom. The van der Waals surface area contributed by atoms with Crippen molar-refractivity contribution in [2.75, 3.05) is 10.6 Å². The molecule has 206 valence electrons. The summed E-state index contributed by atoms with van der Waals surface area (Å²) in [7, 11) is 0. The van der Waals surface area contributed by atoms with Crippen LogP contribution in [0.1, 0.15) is 42.6 Å². The minimum Gasteiger partial charge on any atom is -0.426 e. The molecule has 1 heterocycles. The van der Waals surface area contributed by atoms with E-state index < -0.39 is 12.3 Å². The van der Waals surface area contributed by atoms with Crippen LogP contribution in [0.4, 0.5) is 16.2 Å². The molecule has 1 atom stereocenters. The van der Waals surface area contributed by atoms with Gasteiger partial charge in [-0.3, -0.25) is 14.9 Å². The highest BCUT2D eigenvalue weighted by molar-refractivity contribution is 9.10. The highest BCUT2D eigenvalue weighted by Gasteiger charge is 2.15. The van der Waals surface area contributed by atoms with Gasteiger partial charge in [0.15, 0.2) is 18.6 Å². The SMILES string of the molecule is CCC[n+]1cc(Br)cc(C(=O)Nc2ccc(CCC(=O)NC(C)OC(=O)Nc3cccc4ccccc34)cc2)c1. The van der Waals surface area contributed by atoms with Crippen LogP contribution in [0.2, 0.25) is 0 Å². The second kappa shape index (κ2) is 13.7. The normalized spacial score (nSPS) is 11.5. The van der Waals surface area contributed by atoms with Gasteiger partial charge >= 0.3 is 6.09 Å². The van der Waals surface area contributed by atoms with Gasteiger partial charge in [0.05, 0.1) is 10.2 Å². The molecule has 3 amide bonds. The summed E-state index contributed by atoms with van der Waals surface area (Å²) in [4.78, 5) is 37.5. The number of carbonyl (C=O) groups excluding carboxylic acids is 3. The van der Waals surface area contributed by atoms with E-state index in [1.54, 1.807) is 19.1 Å². The van der Waals surface area contributed by atoms with Crippen LogP contribution in [0, 0.1) is 0 Å². The number of aromatic nitrogens is 1. The van der Waals surface area contributed by atoms with Gasteiger partial charge in [-0.25, -0.2) is 9.36 Å². The smallest absolute Gasteiger partial charge is 0.413 e. The predicted molar refractivity (Wildman–Crippen MR) is 159 cm³/mol. The number of fused-ring (bicyclic) bond motifs is 1. The van der Waals surface area contributed by atoms with Crippen molar-refractivity contribution in [3.8, 4) is 0 Å². The molecule has 4 aromatic rings. The van der Waals surface area contributed by atoms with Crippen LogP contribution in [0.5, 0.6) is 0 Å². The van der Waals surface area contributed by atoms with Gasteiger partial charge in [-0.05, 0) is 64.5 Å². The Kier molecular flexibility index (Phi) is 9.86. The largest absolute Gasteiger partial charge is 0.426 e. The fraction of sp³-hybridized carbons (Fsp3) is 0.226. The van der Waals surface area contributed by atoms with Crippen LogP contribution in [-0.2, 0) is 22.5 Å². The molecular weight excluding hydrogens is 572 g/mol. The lowest BCUT2D eigenvalue weighted by Crippen LogP contribution is -2.37.